The minimum Gasteiger partial charge on any atom is -0.376 e. The average Bonchev–Trinajstić information content (AvgIpc) is 2.47. The summed E-state index contributed by atoms with van der Waals surface area (Å²) < 4.78 is 27.1. The van der Waals surface area contributed by atoms with Crippen LogP contribution >= 0.6 is 0 Å². The Labute approximate surface area is 115 Å². The maximum atomic E-state index is 13.5. The number of anilines is 1. The van der Waals surface area contributed by atoms with Crippen molar-refractivity contribution in [1.29, 1.82) is 0 Å². The second kappa shape index (κ2) is 5.25. The predicted molar refractivity (Wildman–Crippen MR) is 75.4 cm³/mol. The van der Waals surface area contributed by atoms with Crippen molar-refractivity contribution in [2.45, 2.75) is 6.54 Å². The Bertz CT molecular complexity index is 731. The van der Waals surface area contributed by atoms with Crippen LogP contribution in [-0.4, -0.2) is 4.98 Å². The van der Waals surface area contributed by atoms with Crippen LogP contribution in [0.2, 0.25) is 0 Å². The normalized spacial score (nSPS) is 10.7. The summed E-state index contributed by atoms with van der Waals surface area (Å²) in [5.41, 5.74) is 0.784. The molecule has 0 atom stereocenters. The molecule has 2 aromatic carbocycles. The van der Waals surface area contributed by atoms with E-state index in [9.17, 15) is 8.78 Å². The fraction of sp³-hybridized carbons (Fsp3) is 0.0625. The van der Waals surface area contributed by atoms with Gasteiger partial charge in [-0.15, -0.1) is 0 Å². The van der Waals surface area contributed by atoms with E-state index < -0.39 is 11.6 Å². The van der Waals surface area contributed by atoms with E-state index in [1.807, 2.05) is 24.3 Å². The van der Waals surface area contributed by atoms with Crippen LogP contribution in [0, 0.1) is 11.6 Å². The lowest BCUT2D eigenvalue weighted by molar-refractivity contribution is 0.588. The van der Waals surface area contributed by atoms with E-state index in [4.69, 9.17) is 0 Å². The molecule has 0 saturated carbocycles. The summed E-state index contributed by atoms with van der Waals surface area (Å²) in [5.74, 6) is -1.20. The average molecular weight is 270 g/mol. The number of benzene rings is 2. The molecule has 1 aromatic heterocycles. The second-order valence-corrected chi connectivity index (χ2v) is 4.47. The lowest BCUT2D eigenvalue weighted by atomic mass is 10.1. The van der Waals surface area contributed by atoms with Gasteiger partial charge in [-0.1, -0.05) is 30.3 Å². The summed E-state index contributed by atoms with van der Waals surface area (Å²) >= 11 is 0. The van der Waals surface area contributed by atoms with Crippen molar-refractivity contribution in [2.75, 3.05) is 5.32 Å². The molecule has 0 aliphatic carbocycles. The third kappa shape index (κ3) is 2.32. The van der Waals surface area contributed by atoms with Crippen molar-refractivity contribution in [2.24, 2.45) is 0 Å². The molecule has 0 spiro atoms. The first kappa shape index (κ1) is 12.5. The molecule has 20 heavy (non-hydrogen) atoms. The van der Waals surface area contributed by atoms with E-state index in [2.05, 4.69) is 10.3 Å². The van der Waals surface area contributed by atoms with Crippen molar-refractivity contribution < 1.29 is 8.78 Å². The van der Waals surface area contributed by atoms with Gasteiger partial charge in [-0.05, 0) is 23.1 Å². The highest BCUT2D eigenvalue weighted by molar-refractivity contribution is 5.84. The molecule has 0 aliphatic heterocycles. The van der Waals surface area contributed by atoms with Gasteiger partial charge < -0.3 is 5.32 Å². The summed E-state index contributed by atoms with van der Waals surface area (Å²) in [5, 5.41) is 4.82. The second-order valence-electron chi connectivity index (χ2n) is 4.47. The van der Waals surface area contributed by atoms with E-state index in [-0.39, 0.29) is 5.69 Å². The molecule has 1 N–H and O–H groups in total. The Kier molecular flexibility index (Phi) is 3.29. The molecular formula is C16H12F2N2. The maximum Gasteiger partial charge on any atom is 0.149 e. The zero-order valence-electron chi connectivity index (χ0n) is 10.6. The van der Waals surface area contributed by atoms with E-state index >= 15 is 0 Å². The lowest BCUT2D eigenvalue weighted by Crippen LogP contribution is -2.04. The third-order valence-electron chi connectivity index (χ3n) is 3.17. The molecule has 4 heteroatoms. The number of nitrogens with zero attached hydrogens (tertiary/aromatic N) is 1. The van der Waals surface area contributed by atoms with Gasteiger partial charge in [0, 0.05) is 24.3 Å². The Balaban J connectivity index is 1.91. The Hall–Kier alpha value is -2.49. The van der Waals surface area contributed by atoms with Crippen molar-refractivity contribution >= 4 is 16.5 Å². The SMILES string of the molecule is Fc1cccc(F)c1NCc1cncc2ccccc12. The van der Waals surface area contributed by atoms with Gasteiger partial charge in [-0.3, -0.25) is 4.98 Å². The van der Waals surface area contributed by atoms with E-state index in [0.29, 0.717) is 6.54 Å². The fourth-order valence-electron chi connectivity index (χ4n) is 2.17. The van der Waals surface area contributed by atoms with Gasteiger partial charge >= 0.3 is 0 Å². The maximum absolute atomic E-state index is 13.5. The van der Waals surface area contributed by atoms with Gasteiger partial charge in [0.1, 0.15) is 17.3 Å². The number of hydrogen-bond donors (Lipinski definition) is 1. The van der Waals surface area contributed by atoms with Gasteiger partial charge in [0.25, 0.3) is 0 Å². The fourth-order valence-corrected chi connectivity index (χ4v) is 2.17. The van der Waals surface area contributed by atoms with E-state index in [0.717, 1.165) is 16.3 Å². The van der Waals surface area contributed by atoms with Crippen LogP contribution in [0.1, 0.15) is 5.56 Å². The standard InChI is InChI=1S/C16H12F2N2/c17-14-6-3-7-15(18)16(14)20-10-12-9-19-8-11-4-1-2-5-13(11)12/h1-9,20H,10H2. The predicted octanol–water partition coefficient (Wildman–Crippen LogP) is 4.13. The van der Waals surface area contributed by atoms with Gasteiger partial charge in [-0.2, -0.15) is 0 Å². The third-order valence-corrected chi connectivity index (χ3v) is 3.17. The van der Waals surface area contributed by atoms with Crippen LogP contribution in [0.25, 0.3) is 10.8 Å². The summed E-state index contributed by atoms with van der Waals surface area (Å²) in [4.78, 5) is 4.14. The molecule has 100 valence electrons. The molecule has 0 fully saturated rings. The topological polar surface area (TPSA) is 24.9 Å². The highest BCUT2D eigenvalue weighted by Crippen LogP contribution is 2.21. The van der Waals surface area contributed by atoms with E-state index in [1.165, 1.54) is 18.2 Å². The number of pyridine rings is 1. The molecule has 0 amide bonds. The van der Waals surface area contributed by atoms with Crippen LogP contribution in [-0.2, 0) is 6.54 Å². The van der Waals surface area contributed by atoms with E-state index in [1.54, 1.807) is 12.4 Å². The Morgan fingerprint density at radius 1 is 0.900 bits per heavy atom. The number of aromatic nitrogens is 1. The number of nitrogens with one attached hydrogen (secondary N) is 1. The molecule has 0 bridgehead atoms. The Morgan fingerprint density at radius 2 is 1.65 bits per heavy atom. The van der Waals surface area contributed by atoms with Gasteiger partial charge in [0.15, 0.2) is 0 Å². The molecule has 1 heterocycles. The van der Waals surface area contributed by atoms with Crippen molar-refractivity contribution in [3.8, 4) is 0 Å². The lowest BCUT2D eigenvalue weighted by Gasteiger charge is -2.10. The van der Waals surface area contributed by atoms with Crippen LogP contribution in [0.3, 0.4) is 0 Å². The molecule has 3 rings (SSSR count). The van der Waals surface area contributed by atoms with Gasteiger partial charge in [0.2, 0.25) is 0 Å². The molecular weight excluding hydrogens is 258 g/mol. The highest BCUT2D eigenvalue weighted by atomic mass is 19.1. The zero-order chi connectivity index (χ0) is 13.9. The first-order valence-electron chi connectivity index (χ1n) is 6.25. The number of hydrogen-bond acceptors (Lipinski definition) is 2. The molecule has 3 aromatic rings. The number of fused-ring (bicyclic) bond motifs is 1. The number of para-hydroxylation sites is 1. The first-order valence-corrected chi connectivity index (χ1v) is 6.25. The highest BCUT2D eigenvalue weighted by Gasteiger charge is 2.08. The van der Waals surface area contributed by atoms with Crippen molar-refractivity contribution in [3.05, 3.63) is 72.1 Å². The molecule has 0 radical (unpaired) electrons. The van der Waals surface area contributed by atoms with Crippen molar-refractivity contribution in [3.63, 3.8) is 0 Å². The summed E-state index contributed by atoms with van der Waals surface area (Å²) in [6.45, 7) is 0.312. The largest absolute Gasteiger partial charge is 0.376 e. The van der Waals surface area contributed by atoms with Gasteiger partial charge in [-0.25, -0.2) is 8.78 Å². The smallest absolute Gasteiger partial charge is 0.149 e. The van der Waals surface area contributed by atoms with Crippen LogP contribution in [0.5, 0.6) is 0 Å². The molecule has 0 aliphatic rings. The molecule has 0 unspecified atom stereocenters. The van der Waals surface area contributed by atoms with Crippen LogP contribution < -0.4 is 5.32 Å². The van der Waals surface area contributed by atoms with Gasteiger partial charge in [0.05, 0.1) is 0 Å². The number of halogens is 2. The summed E-state index contributed by atoms with van der Waals surface area (Å²) in [6.07, 6.45) is 3.47. The minimum atomic E-state index is -0.599. The summed E-state index contributed by atoms with van der Waals surface area (Å²) in [6, 6.07) is 11.6. The molecule has 2 nitrogen and oxygen atoms in total. The van der Waals surface area contributed by atoms with Crippen LogP contribution in [0.4, 0.5) is 14.5 Å². The van der Waals surface area contributed by atoms with Crippen LogP contribution in [0.15, 0.2) is 54.9 Å². The van der Waals surface area contributed by atoms with Crippen molar-refractivity contribution in [1.82, 2.24) is 4.98 Å². The molecule has 0 saturated heterocycles. The minimum absolute atomic E-state index is 0.111. The number of rotatable bonds is 3. The quantitative estimate of drug-likeness (QED) is 0.774. The monoisotopic (exact) mass is 270 g/mol. The Morgan fingerprint density at radius 3 is 2.45 bits per heavy atom. The summed E-state index contributed by atoms with van der Waals surface area (Å²) in [7, 11) is 0. The first-order chi connectivity index (χ1) is 9.75. The zero-order valence-corrected chi connectivity index (χ0v) is 10.6.